The van der Waals surface area contributed by atoms with Crippen molar-refractivity contribution in [3.8, 4) is 0 Å². The molecule has 1 aromatic carbocycles. The molecular formula is C16H12ClFN4. The molecular weight excluding hydrogens is 303 g/mol. The Morgan fingerprint density at radius 1 is 1.27 bits per heavy atom. The van der Waals surface area contributed by atoms with Crippen LogP contribution in [0.3, 0.4) is 0 Å². The van der Waals surface area contributed by atoms with Gasteiger partial charge in [0.05, 0.1) is 11.6 Å². The first kappa shape index (κ1) is 13.4. The molecule has 110 valence electrons. The molecule has 6 heteroatoms. The third-order valence-corrected chi connectivity index (χ3v) is 4.10. The highest BCUT2D eigenvalue weighted by Gasteiger charge is 2.31. The van der Waals surface area contributed by atoms with Crippen LogP contribution in [0, 0.1) is 18.7 Å². The minimum Gasteiger partial charge on any atom is -0.245 e. The van der Waals surface area contributed by atoms with Crippen LogP contribution in [-0.2, 0) is 0 Å². The van der Waals surface area contributed by atoms with E-state index in [1.54, 1.807) is 22.9 Å². The van der Waals surface area contributed by atoms with Crippen LogP contribution in [0.1, 0.15) is 17.4 Å². The molecule has 0 aliphatic carbocycles. The molecule has 2 aliphatic rings. The first-order chi connectivity index (χ1) is 10.6. The first-order valence-corrected chi connectivity index (χ1v) is 7.32. The van der Waals surface area contributed by atoms with Gasteiger partial charge in [-0.05, 0) is 13.0 Å². The molecule has 2 aromatic rings. The molecule has 4 rings (SSSR count). The van der Waals surface area contributed by atoms with Crippen LogP contribution in [0.2, 0.25) is 0 Å². The van der Waals surface area contributed by atoms with Gasteiger partial charge in [0.1, 0.15) is 11.0 Å². The number of hydrogen-bond donors (Lipinski definition) is 0. The van der Waals surface area contributed by atoms with Crippen molar-refractivity contribution in [2.75, 3.05) is 0 Å². The van der Waals surface area contributed by atoms with Gasteiger partial charge in [0.2, 0.25) is 0 Å². The topological polar surface area (TPSA) is 42.5 Å². The molecule has 0 fully saturated rings. The fourth-order valence-electron chi connectivity index (χ4n) is 2.79. The van der Waals surface area contributed by atoms with Gasteiger partial charge in [-0.25, -0.2) is 19.1 Å². The average Bonchev–Trinajstić information content (AvgIpc) is 2.88. The molecule has 0 saturated heterocycles. The van der Waals surface area contributed by atoms with E-state index < -0.39 is 0 Å². The Labute approximate surface area is 131 Å². The van der Waals surface area contributed by atoms with Crippen LogP contribution in [0.15, 0.2) is 46.4 Å². The second-order valence-electron chi connectivity index (χ2n) is 5.34. The summed E-state index contributed by atoms with van der Waals surface area (Å²) in [5.41, 5.74) is 1.92. The highest BCUT2D eigenvalue weighted by molar-refractivity contribution is 6.76. The number of aromatic nitrogens is 2. The lowest BCUT2D eigenvalue weighted by Gasteiger charge is -2.28. The zero-order valence-corrected chi connectivity index (χ0v) is 12.5. The van der Waals surface area contributed by atoms with E-state index in [2.05, 4.69) is 15.1 Å². The van der Waals surface area contributed by atoms with Crippen molar-refractivity contribution in [2.45, 2.75) is 13.1 Å². The van der Waals surface area contributed by atoms with E-state index in [1.807, 2.05) is 25.3 Å². The summed E-state index contributed by atoms with van der Waals surface area (Å²) in [6, 6.07) is 8.43. The number of hydrogen-bond acceptors (Lipinski definition) is 3. The van der Waals surface area contributed by atoms with Crippen LogP contribution in [0.4, 0.5) is 10.2 Å². The van der Waals surface area contributed by atoms with Crippen LogP contribution < -0.4 is 0 Å². The smallest absolute Gasteiger partial charge is 0.156 e. The second-order valence-corrected chi connectivity index (χ2v) is 5.70. The van der Waals surface area contributed by atoms with Gasteiger partial charge in [-0.3, -0.25) is 0 Å². The SMILES string of the molecule is Cc1cc2n(n1)C1N=C(Cl)C(c3ccccc3F)=CC1C=N2. The van der Waals surface area contributed by atoms with E-state index in [-0.39, 0.29) is 17.9 Å². The first-order valence-electron chi connectivity index (χ1n) is 6.94. The van der Waals surface area contributed by atoms with Crippen LogP contribution in [-0.4, -0.2) is 21.2 Å². The minimum absolute atomic E-state index is 0.0936. The van der Waals surface area contributed by atoms with Crippen LogP contribution >= 0.6 is 11.6 Å². The lowest BCUT2D eigenvalue weighted by atomic mass is 9.95. The lowest BCUT2D eigenvalue weighted by molar-refractivity contribution is 0.426. The van der Waals surface area contributed by atoms with Gasteiger partial charge in [0.25, 0.3) is 0 Å². The average molecular weight is 315 g/mol. The number of aliphatic imine (C=N–C) groups is 2. The highest BCUT2D eigenvalue weighted by Crippen LogP contribution is 2.37. The molecule has 3 heterocycles. The van der Waals surface area contributed by atoms with E-state index in [9.17, 15) is 4.39 Å². The van der Waals surface area contributed by atoms with Gasteiger partial charge in [-0.15, -0.1) is 0 Å². The summed E-state index contributed by atoms with van der Waals surface area (Å²) >= 11 is 6.31. The minimum atomic E-state index is -0.316. The second kappa shape index (κ2) is 4.88. The largest absolute Gasteiger partial charge is 0.245 e. The molecule has 0 spiro atoms. The maximum atomic E-state index is 14.0. The Balaban J connectivity index is 1.80. The van der Waals surface area contributed by atoms with Crippen molar-refractivity contribution in [1.29, 1.82) is 0 Å². The zero-order valence-electron chi connectivity index (χ0n) is 11.7. The van der Waals surface area contributed by atoms with Crippen LogP contribution in [0.25, 0.3) is 5.57 Å². The fourth-order valence-corrected chi connectivity index (χ4v) is 3.06. The maximum Gasteiger partial charge on any atom is 0.156 e. The summed E-state index contributed by atoms with van der Waals surface area (Å²) in [5.74, 6) is 0.350. The van der Waals surface area contributed by atoms with Crippen LogP contribution in [0.5, 0.6) is 0 Å². The molecule has 4 nitrogen and oxygen atoms in total. The van der Waals surface area contributed by atoms with Gasteiger partial charge in [-0.2, -0.15) is 5.10 Å². The molecule has 0 saturated carbocycles. The number of dihydropyridines is 1. The summed E-state index contributed by atoms with van der Waals surface area (Å²) < 4.78 is 15.8. The Hall–Kier alpha value is -2.27. The van der Waals surface area contributed by atoms with Gasteiger partial charge < -0.3 is 0 Å². The zero-order chi connectivity index (χ0) is 15.3. The number of halogens is 2. The Bertz CT molecular complexity index is 850. The van der Waals surface area contributed by atoms with Gasteiger partial charge in [-0.1, -0.05) is 35.9 Å². The molecule has 1 aromatic heterocycles. The van der Waals surface area contributed by atoms with Gasteiger partial charge in [0.15, 0.2) is 12.0 Å². The van der Waals surface area contributed by atoms with E-state index >= 15 is 0 Å². The molecule has 0 radical (unpaired) electrons. The Kier molecular flexibility index (Phi) is 2.97. The highest BCUT2D eigenvalue weighted by atomic mass is 35.5. The van der Waals surface area contributed by atoms with E-state index in [0.717, 1.165) is 11.5 Å². The van der Waals surface area contributed by atoms with Crippen molar-refractivity contribution in [2.24, 2.45) is 15.9 Å². The number of benzene rings is 1. The molecule has 2 atom stereocenters. The molecule has 22 heavy (non-hydrogen) atoms. The summed E-state index contributed by atoms with van der Waals surface area (Å²) in [6.45, 7) is 1.91. The number of aryl methyl sites for hydroxylation is 1. The van der Waals surface area contributed by atoms with E-state index in [4.69, 9.17) is 11.6 Å². The number of rotatable bonds is 1. The molecule has 0 N–H and O–H groups in total. The van der Waals surface area contributed by atoms with Crippen molar-refractivity contribution in [3.63, 3.8) is 0 Å². The van der Waals surface area contributed by atoms with Crippen molar-refractivity contribution >= 4 is 34.4 Å². The molecule has 2 aliphatic heterocycles. The molecule has 0 amide bonds. The fraction of sp³-hybridized carbons (Fsp3) is 0.188. The van der Waals surface area contributed by atoms with Crippen molar-refractivity contribution < 1.29 is 4.39 Å². The standard InChI is InChI=1S/C16H12ClFN4/c1-9-6-14-19-8-10-7-12(11-4-2-3-5-13(11)18)15(17)20-16(10)22(14)21-9/h2-8,10,16H,1H3. The predicted molar refractivity (Wildman–Crippen MR) is 85.3 cm³/mol. The predicted octanol–water partition coefficient (Wildman–Crippen LogP) is 3.90. The van der Waals surface area contributed by atoms with Crippen molar-refractivity contribution in [1.82, 2.24) is 9.78 Å². The summed E-state index contributed by atoms with van der Waals surface area (Å²) in [4.78, 5) is 8.91. The summed E-state index contributed by atoms with van der Waals surface area (Å²) in [7, 11) is 0. The third kappa shape index (κ3) is 2.01. The normalized spacial score (nSPS) is 22.7. The number of allylic oxidation sites excluding steroid dienone is 1. The Morgan fingerprint density at radius 3 is 2.91 bits per heavy atom. The van der Waals surface area contributed by atoms with E-state index in [1.165, 1.54) is 6.07 Å². The maximum absolute atomic E-state index is 14.0. The summed E-state index contributed by atoms with van der Waals surface area (Å²) in [6.07, 6.45) is 3.46. The lowest BCUT2D eigenvalue weighted by Crippen LogP contribution is -2.26. The van der Waals surface area contributed by atoms with E-state index in [0.29, 0.717) is 16.3 Å². The third-order valence-electron chi connectivity index (χ3n) is 3.80. The van der Waals surface area contributed by atoms with Gasteiger partial charge in [0, 0.05) is 23.4 Å². The molecule has 0 bridgehead atoms. The Morgan fingerprint density at radius 2 is 2.09 bits per heavy atom. The number of fused-ring (bicyclic) bond motifs is 3. The van der Waals surface area contributed by atoms with Crippen molar-refractivity contribution in [3.05, 3.63) is 53.5 Å². The number of nitrogens with zero attached hydrogens (tertiary/aromatic N) is 4. The monoisotopic (exact) mass is 314 g/mol. The quantitative estimate of drug-likeness (QED) is 0.787. The van der Waals surface area contributed by atoms with Gasteiger partial charge >= 0.3 is 0 Å². The molecule has 2 unspecified atom stereocenters. The summed E-state index contributed by atoms with van der Waals surface area (Å²) in [5, 5.41) is 4.71.